The molecule has 0 N–H and O–H groups in total. The van der Waals surface area contributed by atoms with Crippen LogP contribution in [0.4, 0.5) is 13.2 Å². The first-order valence-corrected chi connectivity index (χ1v) is 9.39. The molecule has 1 atom stereocenters. The molecule has 0 aliphatic rings. The van der Waals surface area contributed by atoms with Crippen molar-refractivity contribution in [3.05, 3.63) is 82.7 Å². The van der Waals surface area contributed by atoms with Crippen molar-refractivity contribution in [2.45, 2.75) is 19.0 Å². The number of rotatable bonds is 6. The van der Waals surface area contributed by atoms with Gasteiger partial charge in [-0.15, -0.1) is 5.10 Å². The van der Waals surface area contributed by atoms with Gasteiger partial charge in [0, 0.05) is 28.9 Å². The highest BCUT2D eigenvalue weighted by atomic mass is 79.9. The molecule has 0 saturated heterocycles. The maximum Gasteiger partial charge on any atom is 0.334 e. The Kier molecular flexibility index (Phi) is 5.43. The van der Waals surface area contributed by atoms with E-state index in [1.807, 2.05) is 12.1 Å². The molecule has 1 unspecified atom stereocenters. The van der Waals surface area contributed by atoms with Crippen LogP contribution in [0.5, 0.6) is 0 Å². The standard InChI is InChI=1S/C19H14BrF3N6/c20-14-3-6-16(24-9-14)18(7-12-1-4-15(21)5-2-12)28-10-13(8-25-28)17-11-29(19(22)23)27-26-17/h1-6,8-11,18-19H,7H2. The fourth-order valence-corrected chi connectivity index (χ4v) is 3.14. The van der Waals surface area contributed by atoms with E-state index >= 15 is 0 Å². The van der Waals surface area contributed by atoms with Crippen molar-refractivity contribution in [1.29, 1.82) is 0 Å². The molecule has 4 aromatic rings. The summed E-state index contributed by atoms with van der Waals surface area (Å²) in [4.78, 5) is 4.46. The molecule has 148 valence electrons. The van der Waals surface area contributed by atoms with Crippen LogP contribution < -0.4 is 0 Å². The van der Waals surface area contributed by atoms with E-state index in [-0.39, 0.29) is 11.9 Å². The second-order valence-corrected chi connectivity index (χ2v) is 7.23. The third-order valence-electron chi connectivity index (χ3n) is 4.36. The molecule has 1 aromatic carbocycles. The minimum Gasteiger partial charge on any atom is -0.263 e. The fraction of sp³-hybridized carbons (Fsp3) is 0.158. The van der Waals surface area contributed by atoms with Crippen LogP contribution in [0.25, 0.3) is 11.3 Å². The smallest absolute Gasteiger partial charge is 0.263 e. The summed E-state index contributed by atoms with van der Waals surface area (Å²) in [6, 6.07) is 9.68. The molecule has 0 amide bonds. The predicted molar refractivity (Wildman–Crippen MR) is 103 cm³/mol. The number of alkyl halides is 2. The summed E-state index contributed by atoms with van der Waals surface area (Å²) < 4.78 is 41.8. The number of halogens is 4. The van der Waals surface area contributed by atoms with Crippen molar-refractivity contribution < 1.29 is 13.2 Å². The number of nitrogens with zero attached hydrogens (tertiary/aromatic N) is 6. The summed E-state index contributed by atoms with van der Waals surface area (Å²) in [5.41, 5.74) is 2.50. The summed E-state index contributed by atoms with van der Waals surface area (Å²) >= 11 is 3.37. The quantitative estimate of drug-likeness (QED) is 0.417. The lowest BCUT2D eigenvalue weighted by atomic mass is 10.0. The third-order valence-corrected chi connectivity index (χ3v) is 4.83. The first-order valence-electron chi connectivity index (χ1n) is 8.60. The second-order valence-electron chi connectivity index (χ2n) is 6.32. The molecule has 10 heteroatoms. The Hall–Kier alpha value is -3.01. The van der Waals surface area contributed by atoms with E-state index in [4.69, 9.17) is 0 Å². The Balaban J connectivity index is 1.67. The van der Waals surface area contributed by atoms with Gasteiger partial charge in [-0.1, -0.05) is 17.3 Å². The Bertz CT molecular complexity index is 1090. The van der Waals surface area contributed by atoms with Gasteiger partial charge in [-0.2, -0.15) is 18.6 Å². The van der Waals surface area contributed by atoms with Gasteiger partial charge >= 0.3 is 6.55 Å². The molecule has 3 aromatic heterocycles. The number of aromatic nitrogens is 6. The van der Waals surface area contributed by atoms with Gasteiger partial charge in [0.2, 0.25) is 0 Å². The highest BCUT2D eigenvalue weighted by molar-refractivity contribution is 9.10. The molecule has 0 aliphatic carbocycles. The zero-order valence-electron chi connectivity index (χ0n) is 14.8. The summed E-state index contributed by atoms with van der Waals surface area (Å²) in [5, 5.41) is 11.6. The normalized spacial score (nSPS) is 12.4. The van der Waals surface area contributed by atoms with Crippen LogP contribution in [0.1, 0.15) is 23.8 Å². The summed E-state index contributed by atoms with van der Waals surface area (Å²) in [6.07, 6.45) is 6.61. The van der Waals surface area contributed by atoms with Crippen molar-refractivity contribution in [3.63, 3.8) is 0 Å². The van der Waals surface area contributed by atoms with Crippen LogP contribution in [-0.2, 0) is 6.42 Å². The Labute approximate surface area is 172 Å². The first kappa shape index (κ1) is 19.3. The largest absolute Gasteiger partial charge is 0.334 e. The monoisotopic (exact) mass is 462 g/mol. The number of hydrogen-bond donors (Lipinski definition) is 0. The lowest BCUT2D eigenvalue weighted by Crippen LogP contribution is -2.15. The maximum atomic E-state index is 13.3. The molecular formula is C19H14BrF3N6. The predicted octanol–water partition coefficient (Wildman–Crippen LogP) is 4.67. The zero-order chi connectivity index (χ0) is 20.4. The molecule has 0 spiro atoms. The van der Waals surface area contributed by atoms with E-state index < -0.39 is 6.55 Å². The molecule has 6 nitrogen and oxygen atoms in total. The van der Waals surface area contributed by atoms with Gasteiger partial charge < -0.3 is 0 Å². The van der Waals surface area contributed by atoms with Gasteiger partial charge in [0.1, 0.15) is 11.5 Å². The van der Waals surface area contributed by atoms with Crippen LogP contribution in [0, 0.1) is 5.82 Å². The van der Waals surface area contributed by atoms with Crippen LogP contribution in [0.15, 0.2) is 65.7 Å². The van der Waals surface area contributed by atoms with Gasteiger partial charge in [-0.05, 0) is 45.8 Å². The highest BCUT2D eigenvalue weighted by Crippen LogP contribution is 2.25. The number of pyridine rings is 1. The molecule has 0 fully saturated rings. The molecule has 4 rings (SSSR count). The number of benzene rings is 1. The van der Waals surface area contributed by atoms with Gasteiger partial charge in [0.25, 0.3) is 0 Å². The van der Waals surface area contributed by atoms with Gasteiger partial charge in [0.05, 0.1) is 24.1 Å². The molecule has 0 aliphatic heterocycles. The van der Waals surface area contributed by atoms with Gasteiger partial charge in [-0.3, -0.25) is 9.67 Å². The van der Waals surface area contributed by atoms with Gasteiger partial charge in [-0.25, -0.2) is 4.39 Å². The molecule has 0 bridgehead atoms. The second kappa shape index (κ2) is 8.16. The molecule has 0 radical (unpaired) electrons. The fourth-order valence-electron chi connectivity index (χ4n) is 2.91. The third kappa shape index (κ3) is 4.37. The molecular weight excluding hydrogens is 449 g/mol. The van der Waals surface area contributed by atoms with E-state index in [0.29, 0.717) is 22.4 Å². The summed E-state index contributed by atoms with van der Waals surface area (Å²) in [5.74, 6) is -0.310. The SMILES string of the molecule is Fc1ccc(CC(c2ccc(Br)cn2)n2cc(-c3cn(C(F)F)nn3)cn2)cc1. The zero-order valence-corrected chi connectivity index (χ0v) is 16.4. The maximum absolute atomic E-state index is 13.3. The van der Waals surface area contributed by atoms with Crippen molar-refractivity contribution in [2.24, 2.45) is 0 Å². The van der Waals surface area contributed by atoms with E-state index in [2.05, 4.69) is 36.3 Å². The van der Waals surface area contributed by atoms with E-state index in [0.717, 1.165) is 15.7 Å². The lowest BCUT2D eigenvalue weighted by Gasteiger charge is -2.17. The summed E-state index contributed by atoms with van der Waals surface area (Å²) in [6.45, 7) is -2.76. The Morgan fingerprint density at radius 3 is 2.41 bits per heavy atom. The van der Waals surface area contributed by atoms with E-state index in [1.165, 1.54) is 24.5 Å². The molecule has 3 heterocycles. The van der Waals surface area contributed by atoms with E-state index in [9.17, 15) is 13.2 Å². The van der Waals surface area contributed by atoms with Crippen molar-refractivity contribution >= 4 is 15.9 Å². The first-order chi connectivity index (χ1) is 14.0. The highest BCUT2D eigenvalue weighted by Gasteiger charge is 2.19. The van der Waals surface area contributed by atoms with Crippen LogP contribution in [0.3, 0.4) is 0 Å². The van der Waals surface area contributed by atoms with E-state index in [1.54, 1.807) is 29.2 Å². The van der Waals surface area contributed by atoms with Crippen molar-refractivity contribution in [3.8, 4) is 11.3 Å². The average molecular weight is 463 g/mol. The van der Waals surface area contributed by atoms with Crippen molar-refractivity contribution in [1.82, 2.24) is 29.8 Å². The Morgan fingerprint density at radius 2 is 1.76 bits per heavy atom. The van der Waals surface area contributed by atoms with Crippen LogP contribution in [-0.4, -0.2) is 29.8 Å². The topological polar surface area (TPSA) is 61.4 Å². The Morgan fingerprint density at radius 1 is 0.966 bits per heavy atom. The van der Waals surface area contributed by atoms with Crippen molar-refractivity contribution in [2.75, 3.05) is 0 Å². The van der Waals surface area contributed by atoms with Gasteiger partial charge in [0.15, 0.2) is 0 Å². The average Bonchev–Trinajstić information content (AvgIpc) is 3.38. The molecule has 0 saturated carbocycles. The molecule has 29 heavy (non-hydrogen) atoms. The summed E-state index contributed by atoms with van der Waals surface area (Å²) in [7, 11) is 0. The van der Waals surface area contributed by atoms with Crippen LogP contribution >= 0.6 is 15.9 Å². The minimum atomic E-state index is -2.76. The number of hydrogen-bond acceptors (Lipinski definition) is 4. The lowest BCUT2D eigenvalue weighted by molar-refractivity contribution is 0.0546. The van der Waals surface area contributed by atoms with Crippen LogP contribution in [0.2, 0.25) is 0 Å². The minimum absolute atomic E-state index is 0.285.